The number of nitrogens with zero attached hydrogens (tertiary/aromatic N) is 5. The molecule has 8 heteroatoms. The van der Waals surface area contributed by atoms with Crippen LogP contribution in [0.2, 0.25) is 0 Å². The fraction of sp³-hybridized carbons (Fsp3) is 0.321. The number of hydrogen-bond acceptors (Lipinski definition) is 5. The van der Waals surface area contributed by atoms with Crippen LogP contribution in [0.25, 0.3) is 27.7 Å². The number of nitrogen functional groups attached to an aromatic ring is 1. The number of rotatable bonds is 5. The highest BCUT2D eigenvalue weighted by Gasteiger charge is 2.24. The van der Waals surface area contributed by atoms with Gasteiger partial charge in [0.2, 0.25) is 0 Å². The second kappa shape index (κ2) is 9.59. The minimum Gasteiger partial charge on any atom is -0.382 e. The van der Waals surface area contributed by atoms with E-state index in [1.54, 1.807) is 12.5 Å². The zero-order valence-corrected chi connectivity index (χ0v) is 21.2. The fourth-order valence-corrected chi connectivity index (χ4v) is 6.11. The van der Waals surface area contributed by atoms with E-state index < -0.39 is 11.0 Å². The summed E-state index contributed by atoms with van der Waals surface area (Å²) in [6.07, 6.45) is 17.9. The Balaban J connectivity index is 1.36. The lowest BCUT2D eigenvalue weighted by molar-refractivity contribution is 0.280. The molecule has 2 N–H and O–H groups in total. The molecule has 2 atom stereocenters. The predicted octanol–water partition coefficient (Wildman–Crippen LogP) is 4.67. The molecule has 0 amide bonds. The Kier molecular flexibility index (Phi) is 6.15. The van der Waals surface area contributed by atoms with Crippen molar-refractivity contribution >= 4 is 33.2 Å². The third-order valence-electron chi connectivity index (χ3n) is 7.41. The molecule has 1 saturated heterocycles. The first-order valence-corrected chi connectivity index (χ1v) is 14.0. The van der Waals surface area contributed by atoms with Gasteiger partial charge in [-0.15, -0.1) is 0 Å². The Morgan fingerprint density at radius 2 is 1.94 bits per heavy atom. The van der Waals surface area contributed by atoms with Crippen molar-refractivity contribution in [2.24, 2.45) is 5.92 Å². The van der Waals surface area contributed by atoms with E-state index in [0.717, 1.165) is 78.0 Å². The highest BCUT2D eigenvalue weighted by Crippen LogP contribution is 2.33. The normalized spacial score (nSPS) is 19.9. The molecule has 2 unspecified atom stereocenters. The molecule has 1 aliphatic carbocycles. The van der Waals surface area contributed by atoms with E-state index in [0.29, 0.717) is 17.7 Å². The van der Waals surface area contributed by atoms with Crippen molar-refractivity contribution in [3.63, 3.8) is 0 Å². The minimum atomic E-state index is -0.900. The summed E-state index contributed by atoms with van der Waals surface area (Å²) in [6, 6.07) is 10.6. The van der Waals surface area contributed by atoms with E-state index in [1.165, 1.54) is 0 Å². The molecule has 6 rings (SSSR count). The van der Waals surface area contributed by atoms with E-state index in [-0.39, 0.29) is 0 Å². The molecule has 36 heavy (non-hydrogen) atoms. The molecule has 4 aromatic rings. The van der Waals surface area contributed by atoms with Gasteiger partial charge < -0.3 is 5.73 Å². The molecular formula is C28H30N6OS. The van der Waals surface area contributed by atoms with Gasteiger partial charge in [-0.3, -0.25) is 9.38 Å². The fourth-order valence-electron chi connectivity index (χ4n) is 5.39. The van der Waals surface area contributed by atoms with E-state index >= 15 is 0 Å². The third kappa shape index (κ3) is 4.35. The topological polar surface area (TPSA) is 89.4 Å². The van der Waals surface area contributed by atoms with Crippen molar-refractivity contribution in [2.75, 3.05) is 25.1 Å². The summed E-state index contributed by atoms with van der Waals surface area (Å²) in [4.78, 5) is 14.5. The number of pyridine rings is 1. The summed E-state index contributed by atoms with van der Waals surface area (Å²) in [5, 5.41) is 1.10. The zero-order chi connectivity index (χ0) is 24.6. The summed E-state index contributed by atoms with van der Waals surface area (Å²) in [5.74, 6) is 2.27. The van der Waals surface area contributed by atoms with Gasteiger partial charge >= 0.3 is 0 Å². The van der Waals surface area contributed by atoms with Crippen molar-refractivity contribution in [1.29, 1.82) is 0 Å². The molecule has 1 fully saturated rings. The molecule has 1 aliphatic heterocycles. The highest BCUT2D eigenvalue weighted by atomic mass is 32.2. The summed E-state index contributed by atoms with van der Waals surface area (Å²) < 4.78 is 16.0. The van der Waals surface area contributed by atoms with Crippen LogP contribution in [0.4, 0.5) is 5.82 Å². The zero-order valence-electron chi connectivity index (χ0n) is 20.4. The smallest absolute Gasteiger partial charge is 0.150 e. The second-order valence-electron chi connectivity index (χ2n) is 9.71. The molecule has 184 valence electrons. The minimum absolute atomic E-state index is 0.305. The van der Waals surface area contributed by atoms with Crippen molar-refractivity contribution in [2.45, 2.75) is 31.6 Å². The Labute approximate surface area is 213 Å². The van der Waals surface area contributed by atoms with Gasteiger partial charge in [0.15, 0.2) is 0 Å². The molecule has 0 radical (unpaired) electrons. The van der Waals surface area contributed by atoms with Crippen molar-refractivity contribution in [1.82, 2.24) is 23.7 Å². The maximum absolute atomic E-state index is 11.8. The first kappa shape index (κ1) is 23.1. The van der Waals surface area contributed by atoms with Crippen LogP contribution >= 0.6 is 0 Å². The van der Waals surface area contributed by atoms with Gasteiger partial charge in [-0.25, -0.2) is 18.5 Å². The Bertz CT molecular complexity index is 1520. The Hall–Kier alpha value is -3.36. The monoisotopic (exact) mass is 498 g/mol. The third-order valence-corrected chi connectivity index (χ3v) is 8.50. The number of anilines is 1. The van der Waals surface area contributed by atoms with Gasteiger partial charge in [0.1, 0.15) is 22.9 Å². The summed E-state index contributed by atoms with van der Waals surface area (Å²) in [6.45, 7) is 1.72. The Morgan fingerprint density at radius 1 is 1.11 bits per heavy atom. The number of nitrogens with two attached hydrogens (primary N) is 1. The maximum atomic E-state index is 11.8. The average molecular weight is 499 g/mol. The van der Waals surface area contributed by atoms with Crippen LogP contribution in [0.1, 0.15) is 36.7 Å². The van der Waals surface area contributed by atoms with Gasteiger partial charge in [-0.2, -0.15) is 0 Å². The molecular weight excluding hydrogens is 468 g/mol. The van der Waals surface area contributed by atoms with Crippen LogP contribution in [0.15, 0.2) is 67.0 Å². The quantitative estimate of drug-likeness (QED) is 0.432. The van der Waals surface area contributed by atoms with Gasteiger partial charge in [-0.1, -0.05) is 42.5 Å². The number of hydrogen-bond donors (Lipinski definition) is 1. The second-order valence-corrected chi connectivity index (χ2v) is 11.1. The molecule has 0 saturated carbocycles. The van der Waals surface area contributed by atoms with E-state index in [2.05, 4.69) is 64.0 Å². The van der Waals surface area contributed by atoms with Crippen LogP contribution in [0, 0.1) is 5.92 Å². The molecule has 2 aliphatic rings. The number of allylic oxidation sites excluding steroid dienone is 4. The number of benzene rings is 1. The van der Waals surface area contributed by atoms with Crippen LogP contribution < -0.4 is 5.73 Å². The number of aromatic nitrogens is 4. The van der Waals surface area contributed by atoms with E-state index in [4.69, 9.17) is 15.7 Å². The van der Waals surface area contributed by atoms with Gasteiger partial charge in [-0.05, 0) is 37.3 Å². The first-order chi connectivity index (χ1) is 17.6. The Morgan fingerprint density at radius 3 is 2.72 bits per heavy atom. The molecule has 0 bridgehead atoms. The van der Waals surface area contributed by atoms with Crippen LogP contribution in [-0.4, -0.2) is 47.2 Å². The van der Waals surface area contributed by atoms with Crippen LogP contribution in [-0.2, 0) is 17.4 Å². The summed E-state index contributed by atoms with van der Waals surface area (Å²) in [5.41, 5.74) is 11.1. The van der Waals surface area contributed by atoms with Crippen molar-refractivity contribution < 1.29 is 4.21 Å². The van der Waals surface area contributed by atoms with Crippen LogP contribution in [0.3, 0.4) is 0 Å². The average Bonchev–Trinajstić information content (AvgIpc) is 3.28. The van der Waals surface area contributed by atoms with Crippen molar-refractivity contribution in [3.05, 3.63) is 78.5 Å². The summed E-state index contributed by atoms with van der Waals surface area (Å²) in [7, 11) is -0.900. The SMILES string of the molecule is CS(=O)N1CCC(Cc2nc(-c3ccc4ccc(C5C=CC=CC5)nc4c3)c3c(N)nccn23)CC1. The van der Waals surface area contributed by atoms with E-state index in [9.17, 15) is 4.21 Å². The number of imidazole rings is 1. The molecule has 0 spiro atoms. The molecule has 1 aromatic carbocycles. The molecule has 4 heterocycles. The van der Waals surface area contributed by atoms with Crippen LogP contribution in [0.5, 0.6) is 0 Å². The number of piperidine rings is 1. The standard InChI is InChI=1S/C28H30N6OS/c1-36(35)33-14-11-19(12-15-33)17-25-32-26(27-28(29)30-13-16-34(25)27)22-8-7-21-9-10-23(31-24(21)18-22)20-5-3-2-4-6-20/h2-5,7-10,13,16,18-20H,6,11-12,14-15,17H2,1H3,(H2,29,30). The first-order valence-electron chi connectivity index (χ1n) is 12.5. The van der Waals surface area contributed by atoms with Gasteiger partial charge in [0, 0.05) is 60.7 Å². The largest absolute Gasteiger partial charge is 0.382 e. The van der Waals surface area contributed by atoms with Crippen molar-refractivity contribution in [3.8, 4) is 11.3 Å². The number of fused-ring (bicyclic) bond motifs is 2. The molecule has 7 nitrogen and oxygen atoms in total. The molecule has 3 aromatic heterocycles. The van der Waals surface area contributed by atoms with Gasteiger partial charge in [0.25, 0.3) is 0 Å². The lowest BCUT2D eigenvalue weighted by atomic mass is 9.94. The van der Waals surface area contributed by atoms with E-state index in [1.807, 2.05) is 10.5 Å². The highest BCUT2D eigenvalue weighted by molar-refractivity contribution is 7.81. The lowest BCUT2D eigenvalue weighted by Gasteiger charge is -2.29. The summed E-state index contributed by atoms with van der Waals surface area (Å²) >= 11 is 0. The lowest BCUT2D eigenvalue weighted by Crippen LogP contribution is -2.35. The van der Waals surface area contributed by atoms with Gasteiger partial charge in [0.05, 0.1) is 16.5 Å². The predicted molar refractivity (Wildman–Crippen MR) is 146 cm³/mol. The maximum Gasteiger partial charge on any atom is 0.150 e.